The van der Waals surface area contributed by atoms with Gasteiger partial charge in [0.15, 0.2) is 0 Å². The number of rotatable bonds is 5. The van der Waals surface area contributed by atoms with Crippen molar-refractivity contribution in [2.45, 2.75) is 18.2 Å². The molecule has 0 aliphatic rings. The molecule has 0 bridgehead atoms. The van der Waals surface area contributed by atoms with Crippen molar-refractivity contribution < 1.29 is 19.4 Å². The van der Waals surface area contributed by atoms with Crippen LogP contribution in [0.4, 0.5) is 0 Å². The molecule has 0 aliphatic heterocycles. The van der Waals surface area contributed by atoms with Crippen LogP contribution in [0.2, 0.25) is 0 Å². The molecule has 0 radical (unpaired) electrons. The van der Waals surface area contributed by atoms with E-state index in [1.54, 1.807) is 6.92 Å². The van der Waals surface area contributed by atoms with Crippen LogP contribution in [-0.2, 0) is 14.3 Å². The van der Waals surface area contributed by atoms with E-state index in [1.165, 1.54) is 18.9 Å². The lowest BCUT2D eigenvalue weighted by Crippen LogP contribution is -2.33. The number of carbonyl (C=O) groups is 2. The van der Waals surface area contributed by atoms with E-state index in [9.17, 15) is 9.59 Å². The lowest BCUT2D eigenvalue weighted by atomic mass is 10.4. The first-order chi connectivity index (χ1) is 5.99. The Morgan fingerprint density at radius 3 is 2.54 bits per heavy atom. The van der Waals surface area contributed by atoms with E-state index in [0.717, 1.165) is 0 Å². The first kappa shape index (κ1) is 12.2. The molecule has 6 heteroatoms. The van der Waals surface area contributed by atoms with Crippen LogP contribution in [0.15, 0.2) is 0 Å². The molecule has 0 saturated heterocycles. The summed E-state index contributed by atoms with van der Waals surface area (Å²) in [4.78, 5) is 21.2. The average molecular weight is 207 g/mol. The second-order valence-electron chi connectivity index (χ2n) is 2.44. The van der Waals surface area contributed by atoms with Crippen LogP contribution in [-0.4, -0.2) is 41.2 Å². The molecule has 0 aliphatic carbocycles. The van der Waals surface area contributed by atoms with Crippen molar-refractivity contribution in [3.63, 3.8) is 0 Å². The molecule has 3 N–H and O–H groups in total. The van der Waals surface area contributed by atoms with E-state index >= 15 is 0 Å². The van der Waals surface area contributed by atoms with Crippen molar-refractivity contribution in [3.05, 3.63) is 0 Å². The Labute approximate surface area is 80.6 Å². The summed E-state index contributed by atoms with van der Waals surface area (Å²) in [5.41, 5.74) is 5.23. The Morgan fingerprint density at radius 2 is 2.15 bits per heavy atom. The first-order valence-corrected chi connectivity index (χ1v) is 4.71. The Balaban J connectivity index is 3.76. The number of esters is 1. The SMILES string of the molecule is COC(=O)C(C)SC[C@H](N)C(=O)O. The van der Waals surface area contributed by atoms with Crippen molar-refractivity contribution in [2.24, 2.45) is 5.73 Å². The van der Waals surface area contributed by atoms with Gasteiger partial charge in [-0.3, -0.25) is 9.59 Å². The largest absolute Gasteiger partial charge is 0.480 e. The number of hydrogen-bond acceptors (Lipinski definition) is 5. The van der Waals surface area contributed by atoms with Crippen LogP contribution < -0.4 is 5.73 Å². The van der Waals surface area contributed by atoms with Gasteiger partial charge in [-0.1, -0.05) is 0 Å². The predicted octanol–water partition coefficient (Wildman–Crippen LogP) is -0.307. The number of nitrogens with two attached hydrogens (primary N) is 1. The third-order valence-electron chi connectivity index (χ3n) is 1.38. The zero-order valence-electron chi connectivity index (χ0n) is 7.52. The normalized spacial score (nSPS) is 14.7. The van der Waals surface area contributed by atoms with Crippen LogP contribution in [0, 0.1) is 0 Å². The zero-order chi connectivity index (χ0) is 10.4. The number of methoxy groups -OCH3 is 1. The minimum atomic E-state index is -1.07. The molecule has 2 atom stereocenters. The van der Waals surface area contributed by atoms with Crippen molar-refractivity contribution in [1.82, 2.24) is 0 Å². The van der Waals surface area contributed by atoms with Crippen LogP contribution in [0.1, 0.15) is 6.92 Å². The fraction of sp³-hybridized carbons (Fsp3) is 0.714. The standard InChI is InChI=1S/C7H13NO4S/c1-4(7(11)12-2)13-3-5(8)6(9)10/h4-5H,3,8H2,1-2H3,(H,9,10)/t4?,5-/m0/s1. The predicted molar refractivity (Wildman–Crippen MR) is 49.5 cm³/mol. The van der Waals surface area contributed by atoms with Crippen LogP contribution in [0.5, 0.6) is 0 Å². The van der Waals surface area contributed by atoms with Gasteiger partial charge >= 0.3 is 11.9 Å². The molecule has 0 aromatic heterocycles. The van der Waals surface area contributed by atoms with Crippen molar-refractivity contribution in [2.75, 3.05) is 12.9 Å². The van der Waals surface area contributed by atoms with Crippen molar-refractivity contribution >= 4 is 23.7 Å². The third-order valence-corrected chi connectivity index (χ3v) is 2.62. The monoisotopic (exact) mass is 207 g/mol. The molecule has 1 unspecified atom stereocenters. The molecule has 0 fully saturated rings. The van der Waals surface area contributed by atoms with Gasteiger partial charge in [0.2, 0.25) is 0 Å². The lowest BCUT2D eigenvalue weighted by Gasteiger charge is -2.10. The van der Waals surface area contributed by atoms with Gasteiger partial charge < -0.3 is 15.6 Å². The van der Waals surface area contributed by atoms with Gasteiger partial charge in [0.1, 0.15) is 6.04 Å². The van der Waals surface area contributed by atoms with E-state index in [-0.39, 0.29) is 17.0 Å². The topological polar surface area (TPSA) is 89.6 Å². The quantitative estimate of drug-likeness (QED) is 0.601. The molecule has 5 nitrogen and oxygen atoms in total. The smallest absolute Gasteiger partial charge is 0.321 e. The second-order valence-corrected chi connectivity index (χ2v) is 3.82. The fourth-order valence-electron chi connectivity index (χ4n) is 0.553. The lowest BCUT2D eigenvalue weighted by molar-refractivity contribution is -0.140. The molecular weight excluding hydrogens is 194 g/mol. The summed E-state index contributed by atoms with van der Waals surface area (Å²) in [6.45, 7) is 1.64. The summed E-state index contributed by atoms with van der Waals surface area (Å²) >= 11 is 1.17. The summed E-state index contributed by atoms with van der Waals surface area (Å²) in [5.74, 6) is -1.24. The summed E-state index contributed by atoms with van der Waals surface area (Å²) in [7, 11) is 1.29. The number of aliphatic carboxylic acids is 1. The van der Waals surface area contributed by atoms with E-state index < -0.39 is 12.0 Å². The van der Waals surface area contributed by atoms with Crippen LogP contribution in [0.25, 0.3) is 0 Å². The third kappa shape index (κ3) is 4.74. The number of hydrogen-bond donors (Lipinski definition) is 2. The Kier molecular flexibility index (Phi) is 5.48. The molecular formula is C7H13NO4S. The summed E-state index contributed by atoms with van der Waals surface area (Å²) in [6.07, 6.45) is 0. The molecule has 0 rings (SSSR count). The first-order valence-electron chi connectivity index (χ1n) is 3.66. The van der Waals surface area contributed by atoms with E-state index in [0.29, 0.717) is 0 Å². The molecule has 0 heterocycles. The van der Waals surface area contributed by atoms with Gasteiger partial charge in [-0.2, -0.15) is 0 Å². The van der Waals surface area contributed by atoms with Gasteiger partial charge in [-0.15, -0.1) is 11.8 Å². The second kappa shape index (κ2) is 5.82. The minimum Gasteiger partial charge on any atom is -0.480 e. The maximum atomic E-state index is 10.9. The number of ether oxygens (including phenoxy) is 1. The number of carboxylic acids is 1. The van der Waals surface area contributed by atoms with Gasteiger partial charge in [0.25, 0.3) is 0 Å². The summed E-state index contributed by atoms with van der Waals surface area (Å²) < 4.78 is 4.46. The number of thioether (sulfide) groups is 1. The molecule has 0 aromatic carbocycles. The highest BCUT2D eigenvalue weighted by Crippen LogP contribution is 2.12. The highest BCUT2D eigenvalue weighted by Gasteiger charge is 2.18. The van der Waals surface area contributed by atoms with Crippen molar-refractivity contribution in [1.29, 1.82) is 0 Å². The molecule has 0 amide bonds. The van der Waals surface area contributed by atoms with Crippen LogP contribution >= 0.6 is 11.8 Å². The maximum Gasteiger partial charge on any atom is 0.321 e. The Hall–Kier alpha value is -0.750. The highest BCUT2D eigenvalue weighted by molar-refractivity contribution is 8.00. The zero-order valence-corrected chi connectivity index (χ0v) is 8.34. The van der Waals surface area contributed by atoms with E-state index in [1.807, 2.05) is 0 Å². The molecule has 0 saturated carbocycles. The van der Waals surface area contributed by atoms with Gasteiger partial charge in [-0.25, -0.2) is 0 Å². The highest BCUT2D eigenvalue weighted by atomic mass is 32.2. The van der Waals surface area contributed by atoms with E-state index in [4.69, 9.17) is 10.8 Å². The fourth-order valence-corrected chi connectivity index (χ4v) is 1.42. The summed E-state index contributed by atoms with van der Waals surface area (Å²) in [5, 5.41) is 8.06. The van der Waals surface area contributed by atoms with Gasteiger partial charge in [0.05, 0.1) is 12.4 Å². The van der Waals surface area contributed by atoms with Crippen LogP contribution in [0.3, 0.4) is 0 Å². The summed E-state index contributed by atoms with van der Waals surface area (Å²) in [6, 6.07) is -0.933. The maximum absolute atomic E-state index is 10.9. The Bertz CT molecular complexity index is 197. The molecule has 0 aromatic rings. The Morgan fingerprint density at radius 1 is 1.62 bits per heavy atom. The average Bonchev–Trinajstić information content (AvgIpc) is 2.11. The van der Waals surface area contributed by atoms with Crippen molar-refractivity contribution in [3.8, 4) is 0 Å². The minimum absolute atomic E-state index is 0.200. The number of carboxylic acid groups (broad SMARTS) is 1. The molecule has 76 valence electrons. The van der Waals surface area contributed by atoms with E-state index in [2.05, 4.69) is 4.74 Å². The molecule has 13 heavy (non-hydrogen) atoms. The van der Waals surface area contributed by atoms with Gasteiger partial charge in [0, 0.05) is 5.75 Å². The van der Waals surface area contributed by atoms with Gasteiger partial charge in [-0.05, 0) is 6.92 Å². The number of carbonyl (C=O) groups excluding carboxylic acids is 1. The molecule has 0 spiro atoms.